The highest BCUT2D eigenvalue weighted by atomic mass is 17.2. The summed E-state index contributed by atoms with van der Waals surface area (Å²) >= 11 is 0. The van der Waals surface area contributed by atoms with E-state index in [2.05, 4.69) is 4.74 Å². The average Bonchev–Trinajstić information content (AvgIpc) is 2.12. The molecule has 0 saturated carbocycles. The lowest BCUT2D eigenvalue weighted by molar-refractivity contribution is -0.369. The van der Waals surface area contributed by atoms with Gasteiger partial charge in [0, 0.05) is 0 Å². The molecule has 0 saturated heterocycles. The van der Waals surface area contributed by atoms with Crippen LogP contribution >= 0.6 is 0 Å². The summed E-state index contributed by atoms with van der Waals surface area (Å²) in [4.78, 5) is 20.9. The zero-order chi connectivity index (χ0) is 12.8. The molecule has 0 radical (unpaired) electrons. The number of nitriles is 1. The molecule has 0 aliphatic carbocycles. The molecule has 0 rings (SSSR count). The predicted molar refractivity (Wildman–Crippen MR) is 57.1 cm³/mol. The van der Waals surface area contributed by atoms with Crippen molar-refractivity contribution in [3.8, 4) is 6.07 Å². The lowest BCUT2D eigenvalue weighted by atomic mass is 9.79. The Morgan fingerprint density at radius 2 is 1.81 bits per heavy atom. The molecular formula is C11H19NO4. The van der Waals surface area contributed by atoms with Gasteiger partial charge in [0.1, 0.15) is 11.7 Å². The van der Waals surface area contributed by atoms with Gasteiger partial charge in [-0.2, -0.15) is 5.26 Å². The minimum Gasteiger partial charge on any atom is -0.448 e. The third kappa shape index (κ3) is 5.10. The molecule has 0 fully saturated rings. The molecule has 0 aromatic heterocycles. The maximum Gasteiger partial charge on any atom is 0.336 e. The summed E-state index contributed by atoms with van der Waals surface area (Å²) in [5.41, 5.74) is -0.647. The van der Waals surface area contributed by atoms with E-state index >= 15 is 0 Å². The van der Waals surface area contributed by atoms with Crippen LogP contribution in [0.1, 0.15) is 34.6 Å². The Bertz CT molecular complexity index is 273. The van der Waals surface area contributed by atoms with Crippen molar-refractivity contribution in [2.24, 2.45) is 5.41 Å². The molecule has 5 heteroatoms. The monoisotopic (exact) mass is 229 g/mol. The quantitative estimate of drug-likeness (QED) is 0.408. The van der Waals surface area contributed by atoms with Gasteiger partial charge in [0.25, 0.3) is 0 Å². The molecule has 0 N–H and O–H groups in total. The first-order valence-electron chi connectivity index (χ1n) is 5.04. The second-order valence-corrected chi connectivity index (χ2v) is 4.92. The number of hydrogen-bond donors (Lipinski definition) is 0. The van der Waals surface area contributed by atoms with Gasteiger partial charge in [-0.3, -0.25) is 0 Å². The summed E-state index contributed by atoms with van der Waals surface area (Å²) in [7, 11) is 0. The summed E-state index contributed by atoms with van der Waals surface area (Å²) in [6.07, 6.45) is 0. The van der Waals surface area contributed by atoms with Crippen LogP contribution in [-0.2, 0) is 19.3 Å². The van der Waals surface area contributed by atoms with Crippen LogP contribution in [0.25, 0.3) is 0 Å². The fourth-order valence-corrected chi connectivity index (χ4v) is 0.504. The van der Waals surface area contributed by atoms with Crippen molar-refractivity contribution < 1.29 is 19.3 Å². The van der Waals surface area contributed by atoms with E-state index in [1.165, 1.54) is 0 Å². The zero-order valence-corrected chi connectivity index (χ0v) is 10.5. The smallest absolute Gasteiger partial charge is 0.336 e. The van der Waals surface area contributed by atoms with E-state index in [4.69, 9.17) is 15.0 Å². The molecule has 0 aromatic rings. The second kappa shape index (κ2) is 5.83. The molecule has 0 aliphatic rings. The predicted octanol–water partition coefficient (Wildman–Crippen LogP) is 1.83. The van der Waals surface area contributed by atoms with E-state index in [1.807, 2.05) is 34.6 Å². The van der Waals surface area contributed by atoms with E-state index in [1.54, 1.807) is 6.07 Å². The van der Waals surface area contributed by atoms with Gasteiger partial charge in [-0.1, -0.05) is 20.8 Å². The highest BCUT2D eigenvalue weighted by Crippen LogP contribution is 2.32. The molecule has 0 unspecified atom stereocenters. The minimum absolute atomic E-state index is 0.121. The molecule has 0 aromatic carbocycles. The molecule has 0 aliphatic heterocycles. The van der Waals surface area contributed by atoms with Crippen LogP contribution in [0.3, 0.4) is 0 Å². The minimum atomic E-state index is -0.619. The Morgan fingerprint density at radius 1 is 1.25 bits per heavy atom. The first-order chi connectivity index (χ1) is 7.20. The normalized spacial score (nSPS) is 12.0. The SMILES string of the molecule is CC(C)(C)C(C)(C)OOCC(=O)OCC#N. The van der Waals surface area contributed by atoms with Crippen LogP contribution in [0.5, 0.6) is 0 Å². The molecule has 0 heterocycles. The molecule has 0 amide bonds. The number of carbonyl (C=O) groups is 1. The number of carbonyl (C=O) groups excluding carboxylic acids is 1. The molecule has 5 nitrogen and oxygen atoms in total. The number of hydrogen-bond acceptors (Lipinski definition) is 5. The summed E-state index contributed by atoms with van der Waals surface area (Å²) < 4.78 is 4.49. The van der Waals surface area contributed by atoms with Crippen LogP contribution < -0.4 is 0 Å². The molecule has 16 heavy (non-hydrogen) atoms. The van der Waals surface area contributed by atoms with E-state index in [9.17, 15) is 4.79 Å². The standard InChI is InChI=1S/C11H19NO4/c1-10(2,3)11(4,5)16-15-8-9(13)14-7-6-12/h7-8H2,1-5H3. The Labute approximate surface area is 96.2 Å². The Hall–Kier alpha value is -1.12. The Kier molecular flexibility index (Phi) is 5.42. The van der Waals surface area contributed by atoms with Crippen LogP contribution in [0.15, 0.2) is 0 Å². The maximum absolute atomic E-state index is 11.0. The van der Waals surface area contributed by atoms with Gasteiger partial charge in [-0.15, -0.1) is 0 Å². The van der Waals surface area contributed by atoms with Crippen molar-refractivity contribution in [2.45, 2.75) is 40.2 Å². The summed E-state index contributed by atoms with van der Waals surface area (Å²) in [6.45, 7) is 9.16. The highest BCUT2D eigenvalue weighted by molar-refractivity contribution is 5.70. The Balaban J connectivity index is 3.91. The first-order valence-corrected chi connectivity index (χ1v) is 5.04. The van der Waals surface area contributed by atoms with Crippen molar-refractivity contribution in [3.05, 3.63) is 0 Å². The van der Waals surface area contributed by atoms with Gasteiger partial charge in [-0.05, 0) is 19.3 Å². The number of rotatable bonds is 5. The fourth-order valence-electron chi connectivity index (χ4n) is 0.504. The van der Waals surface area contributed by atoms with Crippen LogP contribution in [0, 0.1) is 16.7 Å². The van der Waals surface area contributed by atoms with E-state index in [0.717, 1.165) is 0 Å². The van der Waals surface area contributed by atoms with Crippen molar-refractivity contribution in [1.29, 1.82) is 5.26 Å². The van der Waals surface area contributed by atoms with Gasteiger partial charge in [0.05, 0.1) is 0 Å². The van der Waals surface area contributed by atoms with Crippen LogP contribution in [0.2, 0.25) is 0 Å². The number of esters is 1. The molecule has 0 spiro atoms. The maximum atomic E-state index is 11.0. The van der Waals surface area contributed by atoms with Gasteiger partial charge >= 0.3 is 5.97 Å². The van der Waals surface area contributed by atoms with Gasteiger partial charge < -0.3 is 4.74 Å². The molecule has 92 valence electrons. The van der Waals surface area contributed by atoms with Crippen molar-refractivity contribution >= 4 is 5.97 Å². The number of nitrogens with zero attached hydrogens (tertiary/aromatic N) is 1. The molecule has 0 atom stereocenters. The summed E-state index contributed by atoms with van der Waals surface area (Å²) in [5, 5.41) is 8.18. The summed E-state index contributed by atoms with van der Waals surface area (Å²) in [5.74, 6) is -0.619. The van der Waals surface area contributed by atoms with Gasteiger partial charge in [-0.25, -0.2) is 14.6 Å². The first kappa shape index (κ1) is 14.9. The molecular weight excluding hydrogens is 210 g/mol. The van der Waals surface area contributed by atoms with E-state index < -0.39 is 11.6 Å². The fraction of sp³-hybridized carbons (Fsp3) is 0.818. The second-order valence-electron chi connectivity index (χ2n) is 4.92. The third-order valence-electron chi connectivity index (χ3n) is 2.55. The lowest BCUT2D eigenvalue weighted by Gasteiger charge is -2.36. The summed E-state index contributed by atoms with van der Waals surface area (Å²) in [6, 6.07) is 1.69. The van der Waals surface area contributed by atoms with Gasteiger partial charge in [0.2, 0.25) is 0 Å². The van der Waals surface area contributed by atoms with Crippen molar-refractivity contribution in [2.75, 3.05) is 13.2 Å². The van der Waals surface area contributed by atoms with Crippen LogP contribution in [-0.4, -0.2) is 24.8 Å². The number of ether oxygens (including phenoxy) is 1. The Morgan fingerprint density at radius 3 is 2.25 bits per heavy atom. The average molecular weight is 229 g/mol. The zero-order valence-electron chi connectivity index (χ0n) is 10.5. The van der Waals surface area contributed by atoms with Crippen LogP contribution in [0.4, 0.5) is 0 Å². The van der Waals surface area contributed by atoms with Crippen molar-refractivity contribution in [3.63, 3.8) is 0 Å². The molecule has 0 bridgehead atoms. The third-order valence-corrected chi connectivity index (χ3v) is 2.55. The van der Waals surface area contributed by atoms with E-state index in [-0.39, 0.29) is 18.6 Å². The van der Waals surface area contributed by atoms with Gasteiger partial charge in [0.15, 0.2) is 13.2 Å². The highest BCUT2D eigenvalue weighted by Gasteiger charge is 2.35. The van der Waals surface area contributed by atoms with E-state index in [0.29, 0.717) is 0 Å². The van der Waals surface area contributed by atoms with Crippen molar-refractivity contribution in [1.82, 2.24) is 0 Å². The lowest BCUT2D eigenvalue weighted by Crippen LogP contribution is -2.40. The topological polar surface area (TPSA) is 68.6 Å². The largest absolute Gasteiger partial charge is 0.448 e.